The molecule has 0 atom stereocenters. The third-order valence-electron chi connectivity index (χ3n) is 1.50. The third-order valence-corrected chi connectivity index (χ3v) is 2.35. The predicted molar refractivity (Wildman–Crippen MR) is 49.6 cm³/mol. The van der Waals surface area contributed by atoms with Crippen molar-refractivity contribution in [3.05, 3.63) is 36.2 Å². The number of pyridine rings is 1. The van der Waals surface area contributed by atoms with Gasteiger partial charge in [-0.05, 0) is 24.8 Å². The van der Waals surface area contributed by atoms with Gasteiger partial charge in [0.2, 0.25) is 5.95 Å². The van der Waals surface area contributed by atoms with Crippen molar-refractivity contribution in [1.29, 1.82) is 0 Å². The molecular formula is C9H7FN2OS. The lowest BCUT2D eigenvalue weighted by Crippen LogP contribution is -1.81. The van der Waals surface area contributed by atoms with Crippen molar-refractivity contribution in [3.63, 3.8) is 0 Å². The Bertz CT molecular complexity index is 444. The van der Waals surface area contributed by atoms with Crippen LogP contribution in [0.1, 0.15) is 5.69 Å². The Labute approximate surface area is 84.4 Å². The molecule has 0 saturated carbocycles. The van der Waals surface area contributed by atoms with Crippen LogP contribution in [0.4, 0.5) is 4.39 Å². The van der Waals surface area contributed by atoms with E-state index in [-0.39, 0.29) is 0 Å². The van der Waals surface area contributed by atoms with Gasteiger partial charge in [0.15, 0.2) is 0 Å². The summed E-state index contributed by atoms with van der Waals surface area (Å²) in [6, 6.07) is 3.04. The van der Waals surface area contributed by atoms with E-state index in [0.717, 1.165) is 10.6 Å². The van der Waals surface area contributed by atoms with Crippen LogP contribution in [-0.4, -0.2) is 9.97 Å². The first-order chi connectivity index (χ1) is 6.74. The summed E-state index contributed by atoms with van der Waals surface area (Å²) >= 11 is 1.26. The van der Waals surface area contributed by atoms with Gasteiger partial charge >= 0.3 is 0 Å². The first-order valence-electron chi connectivity index (χ1n) is 3.95. The molecule has 5 heteroatoms. The Morgan fingerprint density at radius 2 is 2.36 bits per heavy atom. The van der Waals surface area contributed by atoms with Crippen molar-refractivity contribution in [1.82, 2.24) is 9.97 Å². The molecule has 3 nitrogen and oxygen atoms in total. The summed E-state index contributed by atoms with van der Waals surface area (Å²) in [7, 11) is 0. The summed E-state index contributed by atoms with van der Waals surface area (Å²) in [5.74, 6) is -0.502. The van der Waals surface area contributed by atoms with Crippen LogP contribution in [0.15, 0.2) is 39.1 Å². The summed E-state index contributed by atoms with van der Waals surface area (Å²) < 4.78 is 17.8. The van der Waals surface area contributed by atoms with E-state index in [4.69, 9.17) is 4.42 Å². The maximum absolute atomic E-state index is 12.7. The van der Waals surface area contributed by atoms with Gasteiger partial charge in [0, 0.05) is 17.2 Å². The van der Waals surface area contributed by atoms with E-state index in [1.54, 1.807) is 12.3 Å². The number of hydrogen-bond acceptors (Lipinski definition) is 4. The number of rotatable bonds is 2. The normalized spacial score (nSPS) is 10.4. The molecule has 0 bridgehead atoms. The van der Waals surface area contributed by atoms with Crippen LogP contribution in [0.2, 0.25) is 0 Å². The largest absolute Gasteiger partial charge is 0.439 e. The maximum Gasteiger partial charge on any atom is 0.260 e. The molecule has 0 radical (unpaired) electrons. The molecule has 2 heterocycles. The average molecular weight is 210 g/mol. The van der Waals surface area contributed by atoms with Gasteiger partial charge in [0.1, 0.15) is 6.26 Å². The molecule has 2 rings (SSSR count). The van der Waals surface area contributed by atoms with E-state index < -0.39 is 5.95 Å². The number of nitrogens with zero attached hydrogens (tertiary/aromatic N) is 2. The van der Waals surface area contributed by atoms with Crippen LogP contribution in [-0.2, 0) is 0 Å². The third kappa shape index (κ3) is 2.11. The summed E-state index contributed by atoms with van der Waals surface area (Å²) in [5.41, 5.74) is 0.807. The fourth-order valence-corrected chi connectivity index (χ4v) is 1.70. The highest BCUT2D eigenvalue weighted by Crippen LogP contribution is 2.26. The molecule has 72 valence electrons. The van der Waals surface area contributed by atoms with Gasteiger partial charge in [-0.15, -0.1) is 0 Å². The number of halogens is 1. The van der Waals surface area contributed by atoms with E-state index in [2.05, 4.69) is 9.97 Å². The van der Waals surface area contributed by atoms with Gasteiger partial charge < -0.3 is 4.42 Å². The molecule has 0 aliphatic carbocycles. The van der Waals surface area contributed by atoms with E-state index in [9.17, 15) is 4.39 Å². The average Bonchev–Trinajstić information content (AvgIpc) is 2.51. The molecule has 0 N–H and O–H groups in total. The van der Waals surface area contributed by atoms with Crippen molar-refractivity contribution in [2.24, 2.45) is 0 Å². The molecule has 0 aliphatic rings. The topological polar surface area (TPSA) is 38.9 Å². The number of oxazole rings is 1. The first kappa shape index (κ1) is 9.21. The van der Waals surface area contributed by atoms with E-state index in [0.29, 0.717) is 5.22 Å². The van der Waals surface area contributed by atoms with Crippen molar-refractivity contribution >= 4 is 11.8 Å². The highest BCUT2D eigenvalue weighted by atomic mass is 32.2. The summed E-state index contributed by atoms with van der Waals surface area (Å²) in [6.45, 7) is 1.83. The van der Waals surface area contributed by atoms with E-state index in [1.165, 1.54) is 24.0 Å². The second-order valence-electron chi connectivity index (χ2n) is 2.67. The second kappa shape index (κ2) is 3.79. The minimum absolute atomic E-state index is 0.502. The lowest BCUT2D eigenvalue weighted by atomic mass is 10.5. The van der Waals surface area contributed by atoms with Crippen LogP contribution in [0.25, 0.3) is 0 Å². The minimum Gasteiger partial charge on any atom is -0.439 e. The molecule has 0 spiro atoms. The van der Waals surface area contributed by atoms with Crippen LogP contribution < -0.4 is 0 Å². The van der Waals surface area contributed by atoms with Gasteiger partial charge in [0.05, 0.1) is 5.69 Å². The Morgan fingerprint density at radius 3 is 3.00 bits per heavy atom. The first-order valence-corrected chi connectivity index (χ1v) is 4.77. The monoisotopic (exact) mass is 210 g/mol. The lowest BCUT2D eigenvalue weighted by Gasteiger charge is -1.95. The summed E-state index contributed by atoms with van der Waals surface area (Å²) in [5, 5.41) is 0.508. The zero-order valence-electron chi connectivity index (χ0n) is 7.40. The fraction of sp³-hybridized carbons (Fsp3) is 0.111. The van der Waals surface area contributed by atoms with Crippen molar-refractivity contribution in [2.45, 2.75) is 17.0 Å². The van der Waals surface area contributed by atoms with Gasteiger partial charge in [-0.25, -0.2) is 9.97 Å². The van der Waals surface area contributed by atoms with Gasteiger partial charge in [0.25, 0.3) is 5.22 Å². The number of aryl methyl sites for hydroxylation is 1. The molecule has 0 amide bonds. The van der Waals surface area contributed by atoms with Gasteiger partial charge in [-0.2, -0.15) is 4.39 Å². The van der Waals surface area contributed by atoms with Crippen LogP contribution >= 0.6 is 11.8 Å². The minimum atomic E-state index is -0.502. The standard InChI is InChI=1S/C9H7FN2OS/c1-6-5-13-9(12-6)14-7-2-3-11-8(10)4-7/h2-5H,1H3. The van der Waals surface area contributed by atoms with E-state index in [1.807, 2.05) is 6.92 Å². The van der Waals surface area contributed by atoms with Crippen LogP contribution in [0.3, 0.4) is 0 Å². The Balaban J connectivity index is 2.18. The summed E-state index contributed by atoms with van der Waals surface area (Å²) in [6.07, 6.45) is 2.97. The Morgan fingerprint density at radius 1 is 1.50 bits per heavy atom. The Kier molecular flexibility index (Phi) is 2.49. The second-order valence-corrected chi connectivity index (χ2v) is 3.70. The molecule has 2 aromatic heterocycles. The highest BCUT2D eigenvalue weighted by Gasteiger charge is 2.04. The van der Waals surface area contributed by atoms with Crippen molar-refractivity contribution < 1.29 is 8.81 Å². The summed E-state index contributed by atoms with van der Waals surface area (Å²) in [4.78, 5) is 8.27. The van der Waals surface area contributed by atoms with Gasteiger partial charge in [-0.3, -0.25) is 0 Å². The smallest absolute Gasteiger partial charge is 0.260 e. The van der Waals surface area contributed by atoms with Crippen molar-refractivity contribution in [2.75, 3.05) is 0 Å². The molecule has 0 fully saturated rings. The highest BCUT2D eigenvalue weighted by molar-refractivity contribution is 7.99. The molecule has 14 heavy (non-hydrogen) atoms. The fourth-order valence-electron chi connectivity index (χ4n) is 0.928. The predicted octanol–water partition coefficient (Wildman–Crippen LogP) is 2.67. The Hall–Kier alpha value is -1.36. The molecule has 0 unspecified atom stereocenters. The van der Waals surface area contributed by atoms with Gasteiger partial charge in [-0.1, -0.05) is 0 Å². The van der Waals surface area contributed by atoms with Crippen molar-refractivity contribution in [3.8, 4) is 0 Å². The number of aromatic nitrogens is 2. The van der Waals surface area contributed by atoms with Crippen LogP contribution in [0.5, 0.6) is 0 Å². The maximum atomic E-state index is 12.7. The SMILES string of the molecule is Cc1coc(Sc2ccnc(F)c2)n1. The quantitative estimate of drug-likeness (QED) is 0.714. The molecule has 0 saturated heterocycles. The van der Waals surface area contributed by atoms with E-state index >= 15 is 0 Å². The molecular weight excluding hydrogens is 203 g/mol. The zero-order chi connectivity index (χ0) is 9.97. The zero-order valence-corrected chi connectivity index (χ0v) is 8.21. The lowest BCUT2D eigenvalue weighted by molar-refractivity contribution is 0.454. The number of hydrogen-bond donors (Lipinski definition) is 0. The molecule has 0 aromatic carbocycles. The van der Waals surface area contributed by atoms with Crippen LogP contribution in [0, 0.1) is 12.9 Å². The molecule has 2 aromatic rings. The molecule has 0 aliphatic heterocycles.